The summed E-state index contributed by atoms with van der Waals surface area (Å²) in [5, 5.41) is 14.9. The topological polar surface area (TPSA) is 148 Å². The van der Waals surface area contributed by atoms with Gasteiger partial charge in [0.2, 0.25) is 11.6 Å². The number of nitrogens with zero attached hydrogens (tertiary/aromatic N) is 3. The molecule has 0 bridgehead atoms. The fourth-order valence-corrected chi connectivity index (χ4v) is 3.03. The van der Waals surface area contributed by atoms with Crippen LogP contribution < -0.4 is 16.2 Å². The zero-order valence-corrected chi connectivity index (χ0v) is 17.8. The molecule has 3 rings (SSSR count). The highest BCUT2D eigenvalue weighted by atomic mass is 35.5. The lowest BCUT2D eigenvalue weighted by Gasteiger charge is -2.11. The molecule has 0 unspecified atom stereocenters. The summed E-state index contributed by atoms with van der Waals surface area (Å²) < 4.78 is 4.63. The first-order valence-corrected chi connectivity index (χ1v) is 9.52. The predicted molar refractivity (Wildman–Crippen MR) is 117 cm³/mol. The van der Waals surface area contributed by atoms with Crippen LogP contribution in [0.3, 0.4) is 0 Å². The van der Waals surface area contributed by atoms with Crippen molar-refractivity contribution in [3.8, 4) is 0 Å². The van der Waals surface area contributed by atoms with Gasteiger partial charge in [0.1, 0.15) is 6.33 Å². The number of hydrogen-bond donors (Lipinski definition) is 3. The maximum absolute atomic E-state index is 12.4. The number of ether oxygens (including phenoxy) is 1. The normalized spacial score (nSPS) is 10.2. The van der Waals surface area contributed by atoms with Crippen LogP contribution in [0.2, 0.25) is 10.0 Å². The van der Waals surface area contributed by atoms with Crippen LogP contribution in [0.4, 0.5) is 23.0 Å². The molecule has 0 saturated carbocycles. The molecule has 0 aliphatic heterocycles. The number of aromatic nitrogens is 2. The summed E-state index contributed by atoms with van der Waals surface area (Å²) in [5.41, 5.74) is 5.01. The number of esters is 1. The summed E-state index contributed by atoms with van der Waals surface area (Å²) in [6.45, 7) is 0. The number of amides is 1. The molecule has 0 aliphatic rings. The summed E-state index contributed by atoms with van der Waals surface area (Å²) in [6, 6.07) is 10.3. The number of nitrogens with one attached hydrogen (secondary N) is 3. The van der Waals surface area contributed by atoms with Crippen molar-refractivity contribution >= 4 is 58.1 Å². The van der Waals surface area contributed by atoms with Gasteiger partial charge in [-0.15, -0.1) is 0 Å². The molecule has 32 heavy (non-hydrogen) atoms. The summed E-state index contributed by atoms with van der Waals surface area (Å²) in [7, 11) is 1.26. The lowest BCUT2D eigenvalue weighted by molar-refractivity contribution is -0.383. The van der Waals surface area contributed by atoms with E-state index in [1.54, 1.807) is 0 Å². The van der Waals surface area contributed by atoms with Gasteiger partial charge in [-0.25, -0.2) is 14.8 Å². The molecule has 1 amide bonds. The van der Waals surface area contributed by atoms with E-state index < -0.39 is 22.5 Å². The maximum Gasteiger partial charge on any atom is 0.355 e. The first-order valence-electron chi connectivity index (χ1n) is 8.76. The highest BCUT2D eigenvalue weighted by molar-refractivity contribution is 6.36. The minimum absolute atomic E-state index is 0.101. The number of anilines is 3. The van der Waals surface area contributed by atoms with E-state index in [-0.39, 0.29) is 22.2 Å². The Kier molecular flexibility index (Phi) is 7.03. The number of methoxy groups -OCH3 is 1. The first kappa shape index (κ1) is 22.7. The first-order chi connectivity index (χ1) is 15.3. The Morgan fingerprint density at radius 3 is 2.38 bits per heavy atom. The van der Waals surface area contributed by atoms with Crippen LogP contribution in [0.5, 0.6) is 0 Å². The molecule has 0 saturated heterocycles. The molecule has 2 aromatic carbocycles. The Balaban J connectivity index is 1.81. The number of halogens is 2. The fourth-order valence-electron chi connectivity index (χ4n) is 2.54. The number of nitro groups is 1. The van der Waals surface area contributed by atoms with Gasteiger partial charge in [0.05, 0.1) is 28.2 Å². The summed E-state index contributed by atoms with van der Waals surface area (Å²) in [4.78, 5) is 42.5. The van der Waals surface area contributed by atoms with Gasteiger partial charge in [0.25, 0.3) is 5.91 Å². The molecule has 0 spiro atoms. The van der Waals surface area contributed by atoms with Gasteiger partial charge in [0, 0.05) is 10.7 Å². The quantitative estimate of drug-likeness (QED) is 0.261. The molecule has 0 radical (unpaired) electrons. The number of carbonyl (C=O) groups is 2. The molecule has 1 heterocycles. The molecule has 3 N–H and O–H groups in total. The Morgan fingerprint density at radius 1 is 1.06 bits per heavy atom. The molecule has 164 valence electrons. The summed E-state index contributed by atoms with van der Waals surface area (Å²) in [6.07, 6.45) is 1.07. The Labute approximate surface area is 190 Å². The Morgan fingerprint density at radius 2 is 1.75 bits per heavy atom. The third-order valence-corrected chi connectivity index (χ3v) is 4.59. The number of hydrazine groups is 1. The minimum atomic E-state index is -0.713. The maximum atomic E-state index is 12.4. The van der Waals surface area contributed by atoms with E-state index in [1.807, 2.05) is 0 Å². The van der Waals surface area contributed by atoms with E-state index in [9.17, 15) is 19.7 Å². The fraction of sp³-hybridized carbons (Fsp3) is 0.0526. The zero-order valence-electron chi connectivity index (χ0n) is 16.3. The number of rotatable bonds is 7. The average molecular weight is 477 g/mol. The van der Waals surface area contributed by atoms with Crippen LogP contribution in [-0.4, -0.2) is 33.9 Å². The molecular formula is C19H14Cl2N6O5. The summed E-state index contributed by atoms with van der Waals surface area (Å²) >= 11 is 11.8. The second-order valence-corrected chi connectivity index (χ2v) is 6.92. The zero-order chi connectivity index (χ0) is 23.3. The lowest BCUT2D eigenvalue weighted by atomic mass is 10.2. The predicted octanol–water partition coefficient (Wildman–Crippen LogP) is 3.98. The van der Waals surface area contributed by atoms with Crippen LogP contribution in [-0.2, 0) is 4.74 Å². The van der Waals surface area contributed by atoms with Gasteiger partial charge >= 0.3 is 11.7 Å². The van der Waals surface area contributed by atoms with Crippen LogP contribution in [0.1, 0.15) is 20.7 Å². The van der Waals surface area contributed by atoms with Crippen molar-refractivity contribution in [2.45, 2.75) is 0 Å². The van der Waals surface area contributed by atoms with E-state index >= 15 is 0 Å². The Bertz CT molecular complexity index is 1190. The second-order valence-electron chi connectivity index (χ2n) is 6.07. The second kappa shape index (κ2) is 9.90. The molecular weight excluding hydrogens is 463 g/mol. The van der Waals surface area contributed by atoms with Gasteiger partial charge in [-0.05, 0) is 42.5 Å². The number of carbonyl (C=O) groups excluding carboxylic acids is 2. The highest BCUT2D eigenvalue weighted by Crippen LogP contribution is 2.31. The summed E-state index contributed by atoms with van der Waals surface area (Å²) in [5.74, 6) is -1.59. The molecule has 11 nitrogen and oxygen atoms in total. The van der Waals surface area contributed by atoms with Gasteiger partial charge in [-0.1, -0.05) is 23.2 Å². The minimum Gasteiger partial charge on any atom is -0.465 e. The van der Waals surface area contributed by atoms with E-state index in [0.717, 1.165) is 6.33 Å². The Hall–Kier alpha value is -3.96. The van der Waals surface area contributed by atoms with Crippen LogP contribution in [0.15, 0.2) is 48.8 Å². The van der Waals surface area contributed by atoms with Crippen molar-refractivity contribution in [1.82, 2.24) is 15.4 Å². The van der Waals surface area contributed by atoms with Gasteiger partial charge in [-0.2, -0.15) is 0 Å². The van der Waals surface area contributed by atoms with Crippen molar-refractivity contribution < 1.29 is 19.2 Å². The highest BCUT2D eigenvalue weighted by Gasteiger charge is 2.24. The van der Waals surface area contributed by atoms with E-state index in [1.165, 1.54) is 49.6 Å². The van der Waals surface area contributed by atoms with Crippen molar-refractivity contribution in [3.63, 3.8) is 0 Å². The molecule has 3 aromatic rings. The van der Waals surface area contributed by atoms with Crippen molar-refractivity contribution in [1.29, 1.82) is 0 Å². The van der Waals surface area contributed by atoms with E-state index in [4.69, 9.17) is 23.2 Å². The number of benzene rings is 2. The monoisotopic (exact) mass is 476 g/mol. The van der Waals surface area contributed by atoms with E-state index in [2.05, 4.69) is 30.9 Å². The van der Waals surface area contributed by atoms with E-state index in [0.29, 0.717) is 16.3 Å². The SMILES string of the molecule is COC(=O)c1ccc(Nc2ncnc(NNC(=O)c3ccc(Cl)cc3Cl)c2[N+](=O)[O-])cc1. The third kappa shape index (κ3) is 5.20. The average Bonchev–Trinajstić information content (AvgIpc) is 2.77. The smallest absolute Gasteiger partial charge is 0.355 e. The molecule has 1 aromatic heterocycles. The van der Waals surface area contributed by atoms with Gasteiger partial charge in [-0.3, -0.25) is 25.8 Å². The molecule has 0 atom stereocenters. The lowest BCUT2D eigenvalue weighted by Crippen LogP contribution is -2.30. The molecule has 0 fully saturated rings. The van der Waals surface area contributed by atoms with Crippen LogP contribution in [0, 0.1) is 10.1 Å². The van der Waals surface area contributed by atoms with Crippen LogP contribution >= 0.6 is 23.2 Å². The van der Waals surface area contributed by atoms with Crippen LogP contribution in [0.25, 0.3) is 0 Å². The molecule has 0 aliphatic carbocycles. The van der Waals surface area contributed by atoms with Crippen molar-refractivity contribution in [2.24, 2.45) is 0 Å². The van der Waals surface area contributed by atoms with Crippen molar-refractivity contribution in [2.75, 3.05) is 17.9 Å². The van der Waals surface area contributed by atoms with Gasteiger partial charge in [0.15, 0.2) is 0 Å². The molecule has 13 heteroatoms. The standard InChI is InChI=1S/C19H14Cl2N6O5/c1-32-19(29)10-2-5-12(6-3-10)24-16-15(27(30)31)17(23-9-22-16)25-26-18(28)13-7-4-11(20)8-14(13)21/h2-9H,1H3,(H,26,28)(H2,22,23,24,25). The largest absolute Gasteiger partial charge is 0.465 e. The number of hydrogen-bond acceptors (Lipinski definition) is 9. The van der Waals surface area contributed by atoms with Gasteiger partial charge < -0.3 is 10.1 Å². The third-order valence-electron chi connectivity index (χ3n) is 4.04. The van der Waals surface area contributed by atoms with Crippen molar-refractivity contribution in [3.05, 3.63) is 80.1 Å².